The molecule has 6 heteroatoms. The van der Waals surface area contributed by atoms with Gasteiger partial charge in [0.05, 0.1) is 12.1 Å². The molecule has 1 heterocycles. The van der Waals surface area contributed by atoms with Crippen LogP contribution in [0.1, 0.15) is 24.8 Å². The molecule has 0 aliphatic carbocycles. The Morgan fingerprint density at radius 3 is 2.50 bits per heavy atom. The van der Waals surface area contributed by atoms with Crippen LogP contribution in [0.3, 0.4) is 0 Å². The summed E-state index contributed by atoms with van der Waals surface area (Å²) in [6.45, 7) is 3.00. The van der Waals surface area contributed by atoms with Crippen molar-refractivity contribution in [2.75, 3.05) is 30.4 Å². The molecule has 138 valence electrons. The average Bonchev–Trinajstić information content (AvgIpc) is 2.68. The van der Waals surface area contributed by atoms with Crippen LogP contribution in [-0.4, -0.2) is 25.3 Å². The van der Waals surface area contributed by atoms with Gasteiger partial charge in [0.15, 0.2) is 5.11 Å². The molecule has 0 atom stereocenters. The molecule has 0 bridgehead atoms. The van der Waals surface area contributed by atoms with Crippen LogP contribution in [0.2, 0.25) is 5.02 Å². The number of piperidine rings is 1. The smallest absolute Gasteiger partial charge is 0.171 e. The molecule has 2 aromatic rings. The molecular formula is C20H24ClN3OS. The normalized spacial score (nSPS) is 14.0. The first kappa shape index (κ1) is 18.8. The summed E-state index contributed by atoms with van der Waals surface area (Å²) in [5.41, 5.74) is 3.33. The molecular weight excluding hydrogens is 366 g/mol. The van der Waals surface area contributed by atoms with E-state index in [1.165, 1.54) is 30.5 Å². The third kappa shape index (κ3) is 5.02. The molecule has 0 aromatic heterocycles. The number of thiocarbonyl (C=S) groups is 1. The van der Waals surface area contributed by atoms with Gasteiger partial charge in [0.25, 0.3) is 0 Å². The Balaban J connectivity index is 1.50. The van der Waals surface area contributed by atoms with Crippen LogP contribution < -0.4 is 20.3 Å². The van der Waals surface area contributed by atoms with Gasteiger partial charge in [-0.1, -0.05) is 23.7 Å². The van der Waals surface area contributed by atoms with Gasteiger partial charge in [0, 0.05) is 31.0 Å². The summed E-state index contributed by atoms with van der Waals surface area (Å²) >= 11 is 11.5. The predicted octanol–water partition coefficient (Wildman–Crippen LogP) is 4.83. The molecule has 2 N–H and O–H groups in total. The molecule has 1 aliphatic heterocycles. The van der Waals surface area contributed by atoms with Crippen molar-refractivity contribution in [1.29, 1.82) is 0 Å². The van der Waals surface area contributed by atoms with Gasteiger partial charge in [-0.2, -0.15) is 0 Å². The highest BCUT2D eigenvalue weighted by Crippen LogP contribution is 2.27. The molecule has 0 spiro atoms. The van der Waals surface area contributed by atoms with Crippen molar-refractivity contribution in [3.63, 3.8) is 0 Å². The monoisotopic (exact) mass is 389 g/mol. The average molecular weight is 390 g/mol. The van der Waals surface area contributed by atoms with Crippen LogP contribution in [0.15, 0.2) is 42.5 Å². The minimum absolute atomic E-state index is 0.550. The lowest BCUT2D eigenvalue weighted by Gasteiger charge is -2.28. The van der Waals surface area contributed by atoms with Crippen LogP contribution in [0.5, 0.6) is 5.75 Å². The molecule has 0 radical (unpaired) electrons. The summed E-state index contributed by atoms with van der Waals surface area (Å²) in [5, 5.41) is 7.48. The lowest BCUT2D eigenvalue weighted by Crippen LogP contribution is -2.29. The Hall–Kier alpha value is -1.98. The van der Waals surface area contributed by atoms with Gasteiger partial charge >= 0.3 is 0 Å². The molecule has 1 aliphatic rings. The van der Waals surface area contributed by atoms with Crippen molar-refractivity contribution in [2.45, 2.75) is 25.8 Å². The van der Waals surface area contributed by atoms with Crippen molar-refractivity contribution in [3.8, 4) is 5.75 Å². The fourth-order valence-electron chi connectivity index (χ4n) is 3.08. The number of anilines is 2. The van der Waals surface area contributed by atoms with Crippen LogP contribution in [-0.2, 0) is 6.54 Å². The van der Waals surface area contributed by atoms with Crippen molar-refractivity contribution in [2.24, 2.45) is 0 Å². The van der Waals surface area contributed by atoms with Gasteiger partial charge < -0.3 is 20.3 Å². The number of halogens is 1. The molecule has 2 aromatic carbocycles. The fourth-order valence-corrected chi connectivity index (χ4v) is 3.53. The Labute approximate surface area is 165 Å². The van der Waals surface area contributed by atoms with E-state index in [9.17, 15) is 0 Å². The van der Waals surface area contributed by atoms with Gasteiger partial charge in [-0.15, -0.1) is 0 Å². The summed E-state index contributed by atoms with van der Waals surface area (Å²) in [7, 11) is 1.59. The number of nitrogens with zero attached hydrogens (tertiary/aromatic N) is 1. The number of hydrogen-bond acceptors (Lipinski definition) is 3. The first-order valence-corrected chi connectivity index (χ1v) is 9.66. The minimum atomic E-state index is 0.550. The van der Waals surface area contributed by atoms with E-state index in [1.807, 2.05) is 12.1 Å². The van der Waals surface area contributed by atoms with E-state index in [1.54, 1.807) is 13.2 Å². The van der Waals surface area contributed by atoms with E-state index in [-0.39, 0.29) is 0 Å². The highest BCUT2D eigenvalue weighted by molar-refractivity contribution is 7.80. The highest BCUT2D eigenvalue weighted by Gasteiger charge is 2.10. The van der Waals surface area contributed by atoms with Gasteiger partial charge in [0.1, 0.15) is 5.75 Å². The van der Waals surface area contributed by atoms with E-state index in [0.29, 0.717) is 22.4 Å². The molecule has 0 unspecified atom stereocenters. The Morgan fingerprint density at radius 1 is 1.12 bits per heavy atom. The second-order valence-corrected chi connectivity index (χ2v) is 7.19. The van der Waals surface area contributed by atoms with Gasteiger partial charge in [-0.3, -0.25) is 0 Å². The molecule has 0 amide bonds. The second-order valence-electron chi connectivity index (χ2n) is 6.37. The summed E-state index contributed by atoms with van der Waals surface area (Å²) in [6.07, 6.45) is 3.93. The number of ether oxygens (including phenoxy) is 1. The number of nitrogens with one attached hydrogen (secondary N) is 2. The van der Waals surface area contributed by atoms with Gasteiger partial charge in [0.2, 0.25) is 0 Å². The van der Waals surface area contributed by atoms with Crippen molar-refractivity contribution in [1.82, 2.24) is 5.32 Å². The number of benzene rings is 2. The SMILES string of the molecule is COc1ccc(NC(=S)NCc2ccc(N3CCCCC3)cc2)cc1Cl. The topological polar surface area (TPSA) is 36.5 Å². The first-order chi connectivity index (χ1) is 12.7. The van der Waals surface area contributed by atoms with E-state index >= 15 is 0 Å². The van der Waals surface area contributed by atoms with Crippen molar-refractivity contribution >= 4 is 40.3 Å². The van der Waals surface area contributed by atoms with Crippen LogP contribution in [0.25, 0.3) is 0 Å². The molecule has 1 saturated heterocycles. The zero-order valence-corrected chi connectivity index (χ0v) is 16.5. The molecule has 4 nitrogen and oxygen atoms in total. The second kappa shape index (κ2) is 9.10. The molecule has 0 saturated carbocycles. The predicted molar refractivity (Wildman–Crippen MR) is 114 cm³/mol. The lowest BCUT2D eigenvalue weighted by molar-refractivity contribution is 0.415. The van der Waals surface area contributed by atoms with E-state index in [4.69, 9.17) is 28.6 Å². The van der Waals surface area contributed by atoms with Gasteiger partial charge in [-0.05, 0) is 67.4 Å². The summed E-state index contributed by atoms with van der Waals surface area (Å²) in [5.74, 6) is 0.643. The maximum Gasteiger partial charge on any atom is 0.171 e. The Bertz CT molecular complexity index is 745. The zero-order valence-electron chi connectivity index (χ0n) is 14.9. The molecule has 26 heavy (non-hydrogen) atoms. The third-order valence-electron chi connectivity index (χ3n) is 4.52. The van der Waals surface area contributed by atoms with Gasteiger partial charge in [-0.25, -0.2) is 0 Å². The van der Waals surface area contributed by atoms with E-state index in [2.05, 4.69) is 39.8 Å². The van der Waals surface area contributed by atoms with Crippen molar-refractivity contribution < 1.29 is 4.74 Å². The summed E-state index contributed by atoms with van der Waals surface area (Å²) in [6, 6.07) is 14.2. The quantitative estimate of drug-likeness (QED) is 0.716. The number of methoxy groups -OCH3 is 1. The van der Waals surface area contributed by atoms with E-state index in [0.717, 1.165) is 18.8 Å². The Morgan fingerprint density at radius 2 is 1.85 bits per heavy atom. The molecule has 3 rings (SSSR count). The maximum atomic E-state index is 6.13. The summed E-state index contributed by atoms with van der Waals surface area (Å²) in [4.78, 5) is 2.46. The van der Waals surface area contributed by atoms with Crippen molar-refractivity contribution in [3.05, 3.63) is 53.1 Å². The first-order valence-electron chi connectivity index (χ1n) is 8.88. The maximum absolute atomic E-state index is 6.13. The number of hydrogen-bond donors (Lipinski definition) is 2. The number of rotatable bonds is 5. The van der Waals surface area contributed by atoms with E-state index < -0.39 is 0 Å². The summed E-state index contributed by atoms with van der Waals surface area (Å²) < 4.78 is 5.15. The van der Waals surface area contributed by atoms with Crippen LogP contribution >= 0.6 is 23.8 Å². The highest BCUT2D eigenvalue weighted by atomic mass is 35.5. The molecule has 1 fully saturated rings. The fraction of sp³-hybridized carbons (Fsp3) is 0.350. The lowest BCUT2D eigenvalue weighted by atomic mass is 10.1. The van der Waals surface area contributed by atoms with Crippen LogP contribution in [0, 0.1) is 0 Å². The standard InChI is InChI=1S/C20H24ClN3OS/c1-25-19-10-7-16(13-18(19)21)23-20(26)22-14-15-5-8-17(9-6-15)24-11-3-2-4-12-24/h5-10,13H,2-4,11-12,14H2,1H3,(H2,22,23,26). The zero-order chi connectivity index (χ0) is 18.4. The van der Waals surface area contributed by atoms with Crippen LogP contribution in [0.4, 0.5) is 11.4 Å². The largest absolute Gasteiger partial charge is 0.495 e. The minimum Gasteiger partial charge on any atom is -0.495 e. The Kier molecular flexibility index (Phi) is 6.58. The third-order valence-corrected chi connectivity index (χ3v) is 5.06.